The molecule has 0 aliphatic carbocycles. The molecule has 1 aromatic carbocycles. The van der Waals surface area contributed by atoms with Crippen molar-refractivity contribution in [3.8, 4) is 0 Å². The van der Waals surface area contributed by atoms with Gasteiger partial charge in [-0.2, -0.15) is 0 Å². The van der Waals surface area contributed by atoms with Gasteiger partial charge >= 0.3 is 5.97 Å². The number of benzene rings is 1. The zero-order valence-electron chi connectivity index (χ0n) is 11.6. The molecule has 1 atom stereocenters. The number of hydrogen-bond acceptors (Lipinski definition) is 4. The number of rotatable bonds is 6. The van der Waals surface area contributed by atoms with E-state index in [2.05, 4.69) is 10.1 Å². The molecular weight excluding hydrogens is 263 g/mol. The van der Waals surface area contributed by atoms with E-state index in [-0.39, 0.29) is 29.5 Å². The average Bonchev–Trinajstić information content (AvgIpc) is 2.44. The van der Waals surface area contributed by atoms with Crippen LogP contribution in [-0.2, 0) is 9.53 Å². The minimum Gasteiger partial charge on any atom is -0.465 e. The topological polar surface area (TPSA) is 81.4 Å². The standard InChI is InChI=1S/C14H19FN2O3/c1-9(8-16)3-6-13(18)17-12-7-10(15)4-5-11(12)14(19)20-2/h4-5,7,9H,3,6,8,16H2,1-2H3,(H,17,18). The number of halogens is 1. The van der Waals surface area contributed by atoms with Gasteiger partial charge in [-0.3, -0.25) is 4.79 Å². The van der Waals surface area contributed by atoms with Crippen molar-refractivity contribution in [2.75, 3.05) is 19.0 Å². The van der Waals surface area contributed by atoms with Crippen molar-refractivity contribution in [1.29, 1.82) is 0 Å². The van der Waals surface area contributed by atoms with Crippen LogP contribution in [0, 0.1) is 11.7 Å². The molecule has 0 saturated heterocycles. The Morgan fingerprint density at radius 1 is 1.45 bits per heavy atom. The summed E-state index contributed by atoms with van der Waals surface area (Å²) in [6, 6.07) is 3.51. The fourth-order valence-corrected chi connectivity index (χ4v) is 1.62. The zero-order chi connectivity index (χ0) is 15.1. The number of hydrogen-bond donors (Lipinski definition) is 2. The first-order valence-electron chi connectivity index (χ1n) is 6.35. The second-order valence-corrected chi connectivity index (χ2v) is 4.61. The van der Waals surface area contributed by atoms with Crippen LogP contribution in [-0.4, -0.2) is 25.5 Å². The minimum atomic E-state index is -0.629. The van der Waals surface area contributed by atoms with Gasteiger partial charge in [-0.05, 0) is 37.1 Å². The highest BCUT2D eigenvalue weighted by Crippen LogP contribution is 2.19. The number of amides is 1. The zero-order valence-corrected chi connectivity index (χ0v) is 11.6. The lowest BCUT2D eigenvalue weighted by atomic mass is 10.1. The Labute approximate surface area is 117 Å². The van der Waals surface area contributed by atoms with Gasteiger partial charge in [-0.15, -0.1) is 0 Å². The van der Waals surface area contributed by atoms with Gasteiger partial charge in [0.15, 0.2) is 0 Å². The first kappa shape index (κ1) is 16.1. The van der Waals surface area contributed by atoms with E-state index in [1.165, 1.54) is 13.2 Å². The lowest BCUT2D eigenvalue weighted by molar-refractivity contribution is -0.116. The summed E-state index contributed by atoms with van der Waals surface area (Å²) in [7, 11) is 1.22. The van der Waals surface area contributed by atoms with Crippen LogP contribution in [0.2, 0.25) is 0 Å². The van der Waals surface area contributed by atoms with Crippen molar-refractivity contribution in [2.45, 2.75) is 19.8 Å². The summed E-state index contributed by atoms with van der Waals surface area (Å²) in [6.45, 7) is 2.44. The molecule has 0 radical (unpaired) electrons. The second kappa shape index (κ2) is 7.59. The largest absolute Gasteiger partial charge is 0.465 e. The van der Waals surface area contributed by atoms with Crippen LogP contribution in [0.3, 0.4) is 0 Å². The predicted molar refractivity (Wildman–Crippen MR) is 73.8 cm³/mol. The number of nitrogens with two attached hydrogens (primary N) is 1. The van der Waals surface area contributed by atoms with Crippen molar-refractivity contribution in [1.82, 2.24) is 0 Å². The third-order valence-corrected chi connectivity index (χ3v) is 2.93. The van der Waals surface area contributed by atoms with Gasteiger partial charge < -0.3 is 15.8 Å². The Balaban J connectivity index is 2.77. The van der Waals surface area contributed by atoms with Crippen LogP contribution in [0.4, 0.5) is 10.1 Å². The monoisotopic (exact) mass is 282 g/mol. The molecule has 0 saturated carbocycles. The van der Waals surface area contributed by atoms with Gasteiger partial charge in [0.1, 0.15) is 5.82 Å². The van der Waals surface area contributed by atoms with Gasteiger partial charge in [0.2, 0.25) is 5.91 Å². The van der Waals surface area contributed by atoms with Crippen molar-refractivity contribution in [2.24, 2.45) is 11.7 Å². The van der Waals surface area contributed by atoms with E-state index in [1.54, 1.807) is 0 Å². The molecule has 1 amide bonds. The number of nitrogens with one attached hydrogen (secondary N) is 1. The SMILES string of the molecule is COC(=O)c1ccc(F)cc1NC(=O)CCC(C)CN. The Morgan fingerprint density at radius 2 is 2.15 bits per heavy atom. The van der Waals surface area contributed by atoms with E-state index in [0.29, 0.717) is 13.0 Å². The lowest BCUT2D eigenvalue weighted by Gasteiger charge is -2.11. The maximum Gasteiger partial charge on any atom is 0.339 e. The second-order valence-electron chi connectivity index (χ2n) is 4.61. The summed E-state index contributed by atoms with van der Waals surface area (Å²) in [5, 5.41) is 2.53. The van der Waals surface area contributed by atoms with Crippen molar-refractivity contribution < 1.29 is 18.7 Å². The number of esters is 1. The Hall–Kier alpha value is -1.95. The highest BCUT2D eigenvalue weighted by Gasteiger charge is 2.15. The van der Waals surface area contributed by atoms with Crippen LogP contribution in [0.15, 0.2) is 18.2 Å². The maximum absolute atomic E-state index is 13.2. The highest BCUT2D eigenvalue weighted by atomic mass is 19.1. The first-order valence-corrected chi connectivity index (χ1v) is 6.35. The van der Waals surface area contributed by atoms with Crippen LogP contribution >= 0.6 is 0 Å². The Morgan fingerprint density at radius 3 is 2.75 bits per heavy atom. The molecule has 0 spiro atoms. The molecular formula is C14H19FN2O3. The Bertz CT molecular complexity index is 491. The molecule has 3 N–H and O–H groups in total. The van der Waals surface area contributed by atoms with E-state index in [4.69, 9.17) is 5.73 Å². The molecule has 0 aliphatic heterocycles. The number of carbonyl (C=O) groups excluding carboxylic acids is 2. The van der Waals surface area contributed by atoms with E-state index in [0.717, 1.165) is 12.1 Å². The van der Waals surface area contributed by atoms with Gasteiger partial charge in [0, 0.05) is 6.42 Å². The summed E-state index contributed by atoms with van der Waals surface area (Å²) < 4.78 is 17.8. The van der Waals surface area contributed by atoms with Crippen LogP contribution in [0.5, 0.6) is 0 Å². The summed E-state index contributed by atoms with van der Waals surface area (Å²) in [5.41, 5.74) is 5.70. The summed E-state index contributed by atoms with van der Waals surface area (Å²) in [4.78, 5) is 23.3. The quantitative estimate of drug-likeness (QED) is 0.781. The fraction of sp³-hybridized carbons (Fsp3) is 0.429. The van der Waals surface area contributed by atoms with E-state index < -0.39 is 11.8 Å². The van der Waals surface area contributed by atoms with Crippen LogP contribution in [0.25, 0.3) is 0 Å². The van der Waals surface area contributed by atoms with Gasteiger partial charge in [-0.25, -0.2) is 9.18 Å². The lowest BCUT2D eigenvalue weighted by Crippen LogP contribution is -2.18. The molecule has 0 aliphatic rings. The smallest absolute Gasteiger partial charge is 0.339 e. The fourth-order valence-electron chi connectivity index (χ4n) is 1.62. The third-order valence-electron chi connectivity index (χ3n) is 2.93. The number of ether oxygens (including phenoxy) is 1. The van der Waals surface area contributed by atoms with E-state index in [9.17, 15) is 14.0 Å². The third kappa shape index (κ3) is 4.62. The number of anilines is 1. The molecule has 0 aromatic heterocycles. The van der Waals surface area contributed by atoms with Crippen molar-refractivity contribution in [3.63, 3.8) is 0 Å². The highest BCUT2D eigenvalue weighted by molar-refractivity contribution is 6.01. The van der Waals surface area contributed by atoms with Gasteiger partial charge in [0.05, 0.1) is 18.4 Å². The van der Waals surface area contributed by atoms with Gasteiger partial charge in [-0.1, -0.05) is 6.92 Å². The molecule has 5 nitrogen and oxygen atoms in total. The van der Waals surface area contributed by atoms with E-state index in [1.807, 2.05) is 6.92 Å². The summed E-state index contributed by atoms with van der Waals surface area (Å²) >= 11 is 0. The summed E-state index contributed by atoms with van der Waals surface area (Å²) in [6.07, 6.45) is 0.890. The molecule has 0 bridgehead atoms. The normalized spacial score (nSPS) is 11.8. The molecule has 1 rings (SSSR count). The van der Waals surface area contributed by atoms with Crippen LogP contribution in [0.1, 0.15) is 30.1 Å². The van der Waals surface area contributed by atoms with E-state index >= 15 is 0 Å². The summed E-state index contributed by atoms with van der Waals surface area (Å²) in [5.74, 6) is -1.23. The van der Waals surface area contributed by atoms with Crippen LogP contribution < -0.4 is 11.1 Å². The molecule has 0 fully saturated rings. The first-order chi connectivity index (χ1) is 9.47. The molecule has 6 heteroatoms. The predicted octanol–water partition coefficient (Wildman–Crippen LogP) is 1.93. The molecule has 110 valence electrons. The van der Waals surface area contributed by atoms with Crippen molar-refractivity contribution >= 4 is 17.6 Å². The number of methoxy groups -OCH3 is 1. The molecule has 1 aromatic rings. The maximum atomic E-state index is 13.2. The van der Waals surface area contributed by atoms with Crippen molar-refractivity contribution in [3.05, 3.63) is 29.6 Å². The number of carbonyl (C=O) groups is 2. The Kier molecular flexibility index (Phi) is 6.11. The van der Waals surface area contributed by atoms with Gasteiger partial charge in [0.25, 0.3) is 0 Å². The average molecular weight is 282 g/mol. The molecule has 0 heterocycles. The molecule has 20 heavy (non-hydrogen) atoms. The molecule has 1 unspecified atom stereocenters. The minimum absolute atomic E-state index is 0.113.